The van der Waals surface area contributed by atoms with E-state index in [0.29, 0.717) is 40.4 Å². The van der Waals surface area contributed by atoms with Gasteiger partial charge in [-0.25, -0.2) is 13.3 Å². The number of carbonyl (C=O) groups excluding carboxylic acids is 1. The molecule has 1 saturated heterocycles. The summed E-state index contributed by atoms with van der Waals surface area (Å²) in [6.07, 6.45) is 3.21. The van der Waals surface area contributed by atoms with Crippen molar-refractivity contribution in [2.45, 2.75) is 37.8 Å². The Morgan fingerprint density at radius 1 is 1.28 bits per heavy atom. The van der Waals surface area contributed by atoms with Gasteiger partial charge in [-0.2, -0.15) is 15.5 Å². The Hall–Kier alpha value is -4.41. The van der Waals surface area contributed by atoms with Crippen LogP contribution in [0.5, 0.6) is 0 Å². The standard InChI is InChI=1S/C26H27F2N9O2/c1-26(2,39)24(28)13-32-25(38)18-10-31-21(22-4-3-17-5-15(7-29)8-34-37(17)22)6-20(18)35-16-9-33-36(14-16)23-12-30-11-19(23)27/h3-6,8-10,14,19,23-24,30,39H,11-13H2,1-2H3,(H,31,35)(H,32,38)/t19-,23+,24?/m0/s1. The Bertz CT molecular complexity index is 1550. The number of fused-ring (bicyclic) bond motifs is 1. The van der Waals surface area contributed by atoms with Gasteiger partial charge in [0.25, 0.3) is 5.91 Å². The molecule has 0 aromatic carbocycles. The van der Waals surface area contributed by atoms with E-state index < -0.39 is 36.4 Å². The quantitative estimate of drug-likeness (QED) is 0.269. The number of aromatic nitrogens is 5. The Morgan fingerprint density at radius 2 is 2.10 bits per heavy atom. The summed E-state index contributed by atoms with van der Waals surface area (Å²) in [7, 11) is 0. The fourth-order valence-corrected chi connectivity index (χ4v) is 4.29. The van der Waals surface area contributed by atoms with Crippen LogP contribution in [-0.4, -0.2) is 73.0 Å². The molecule has 1 unspecified atom stereocenters. The second kappa shape index (κ2) is 10.4. The maximum Gasteiger partial charge on any atom is 0.255 e. The Labute approximate surface area is 222 Å². The molecule has 0 spiro atoms. The number of anilines is 2. The van der Waals surface area contributed by atoms with Crippen LogP contribution in [0.25, 0.3) is 16.9 Å². The third-order valence-corrected chi connectivity index (χ3v) is 6.58. The molecule has 4 aromatic rings. The predicted molar refractivity (Wildman–Crippen MR) is 139 cm³/mol. The van der Waals surface area contributed by atoms with Gasteiger partial charge < -0.3 is 21.1 Å². The minimum absolute atomic E-state index is 0.126. The van der Waals surface area contributed by atoms with Gasteiger partial charge in [0.1, 0.15) is 18.4 Å². The molecule has 1 fully saturated rings. The lowest BCUT2D eigenvalue weighted by molar-refractivity contribution is -0.00177. The SMILES string of the molecule is CC(C)(O)C(F)CNC(=O)c1cnc(-c2ccc3cc(C#N)cnn23)cc1Nc1cnn([C@@H]2CNC[C@@H]2F)c1. The second-order valence-corrected chi connectivity index (χ2v) is 9.93. The van der Waals surface area contributed by atoms with Crippen LogP contribution >= 0.6 is 0 Å². The maximum atomic E-state index is 14.3. The topological polar surface area (TPSA) is 145 Å². The molecule has 0 saturated carbocycles. The van der Waals surface area contributed by atoms with Gasteiger partial charge in [0, 0.05) is 25.5 Å². The zero-order chi connectivity index (χ0) is 27.7. The largest absolute Gasteiger partial charge is 0.387 e. The molecule has 5 rings (SSSR count). The number of hydrogen-bond donors (Lipinski definition) is 4. The zero-order valence-electron chi connectivity index (χ0n) is 21.3. The Balaban J connectivity index is 1.48. The highest BCUT2D eigenvalue weighted by atomic mass is 19.1. The van der Waals surface area contributed by atoms with Crippen LogP contribution in [0.3, 0.4) is 0 Å². The highest BCUT2D eigenvalue weighted by Gasteiger charge is 2.29. The van der Waals surface area contributed by atoms with E-state index >= 15 is 0 Å². The van der Waals surface area contributed by atoms with Crippen molar-refractivity contribution in [1.82, 2.24) is 35.0 Å². The summed E-state index contributed by atoms with van der Waals surface area (Å²) in [4.78, 5) is 17.5. The first-order valence-corrected chi connectivity index (χ1v) is 12.3. The smallest absolute Gasteiger partial charge is 0.255 e. The molecule has 39 heavy (non-hydrogen) atoms. The van der Waals surface area contributed by atoms with E-state index in [-0.39, 0.29) is 12.1 Å². The third kappa shape index (κ3) is 5.43. The van der Waals surface area contributed by atoms with Gasteiger partial charge in [-0.15, -0.1) is 0 Å². The van der Waals surface area contributed by atoms with Crippen molar-refractivity contribution in [2.75, 3.05) is 25.0 Å². The summed E-state index contributed by atoms with van der Waals surface area (Å²) in [5.41, 5.74) is 1.55. The van der Waals surface area contributed by atoms with Crippen molar-refractivity contribution in [1.29, 1.82) is 5.26 Å². The zero-order valence-corrected chi connectivity index (χ0v) is 21.3. The predicted octanol–water partition coefficient (Wildman–Crippen LogP) is 2.53. The summed E-state index contributed by atoms with van der Waals surface area (Å²) >= 11 is 0. The van der Waals surface area contributed by atoms with Crippen LogP contribution in [0.15, 0.2) is 49.1 Å². The van der Waals surface area contributed by atoms with Gasteiger partial charge in [0.05, 0.1) is 70.0 Å². The molecule has 3 atom stereocenters. The number of rotatable bonds is 8. The van der Waals surface area contributed by atoms with Gasteiger partial charge in [0.2, 0.25) is 0 Å². The highest BCUT2D eigenvalue weighted by Crippen LogP contribution is 2.28. The molecule has 1 amide bonds. The van der Waals surface area contributed by atoms with E-state index in [1.54, 1.807) is 35.0 Å². The van der Waals surface area contributed by atoms with Crippen molar-refractivity contribution < 1.29 is 18.7 Å². The fraction of sp³-hybridized carbons (Fsp3) is 0.346. The Kier molecular flexibility index (Phi) is 6.98. The van der Waals surface area contributed by atoms with Crippen molar-refractivity contribution in [3.8, 4) is 17.5 Å². The number of halogens is 2. The van der Waals surface area contributed by atoms with Crippen LogP contribution in [0.2, 0.25) is 0 Å². The van der Waals surface area contributed by atoms with Gasteiger partial charge in [0.15, 0.2) is 0 Å². The van der Waals surface area contributed by atoms with E-state index in [1.165, 1.54) is 37.1 Å². The van der Waals surface area contributed by atoms with Crippen molar-refractivity contribution >= 4 is 22.8 Å². The van der Waals surface area contributed by atoms with Crippen molar-refractivity contribution in [2.24, 2.45) is 0 Å². The van der Waals surface area contributed by atoms with E-state index in [2.05, 4.69) is 37.2 Å². The second-order valence-electron chi connectivity index (χ2n) is 9.93. The summed E-state index contributed by atoms with van der Waals surface area (Å²) in [6, 6.07) is 8.53. The van der Waals surface area contributed by atoms with Gasteiger partial charge >= 0.3 is 0 Å². The molecule has 11 nitrogen and oxygen atoms in total. The van der Waals surface area contributed by atoms with E-state index in [0.717, 1.165) is 0 Å². The first-order valence-electron chi connectivity index (χ1n) is 12.3. The van der Waals surface area contributed by atoms with Crippen LogP contribution in [0, 0.1) is 11.3 Å². The maximum absolute atomic E-state index is 14.3. The number of hydrogen-bond acceptors (Lipinski definition) is 8. The monoisotopic (exact) mass is 535 g/mol. The molecule has 0 bridgehead atoms. The Morgan fingerprint density at radius 3 is 2.82 bits per heavy atom. The van der Waals surface area contributed by atoms with Crippen molar-refractivity contribution in [3.05, 3.63) is 60.2 Å². The lowest BCUT2D eigenvalue weighted by Crippen LogP contribution is -2.42. The van der Waals surface area contributed by atoms with Gasteiger partial charge in [-0.3, -0.25) is 14.5 Å². The van der Waals surface area contributed by atoms with E-state index in [4.69, 9.17) is 5.26 Å². The summed E-state index contributed by atoms with van der Waals surface area (Å²) in [6.45, 7) is 2.94. The minimum atomic E-state index is -1.69. The molecule has 0 radical (unpaired) electrons. The first-order chi connectivity index (χ1) is 18.6. The molecule has 0 aliphatic carbocycles. The van der Waals surface area contributed by atoms with E-state index in [1.807, 2.05) is 0 Å². The van der Waals surface area contributed by atoms with Crippen LogP contribution in [0.4, 0.5) is 20.2 Å². The number of carbonyl (C=O) groups is 1. The molecule has 5 heterocycles. The number of nitrogens with one attached hydrogen (secondary N) is 3. The molecule has 13 heteroatoms. The van der Waals surface area contributed by atoms with Crippen LogP contribution < -0.4 is 16.0 Å². The number of pyridine rings is 1. The number of aliphatic hydroxyl groups is 1. The van der Waals surface area contributed by atoms with E-state index in [9.17, 15) is 18.7 Å². The average molecular weight is 536 g/mol. The van der Waals surface area contributed by atoms with Crippen LogP contribution in [0.1, 0.15) is 35.8 Å². The molecule has 1 aliphatic rings. The van der Waals surface area contributed by atoms with Gasteiger partial charge in [-0.05, 0) is 38.1 Å². The normalized spacial score (nSPS) is 18.2. The number of alkyl halides is 2. The summed E-state index contributed by atoms with van der Waals surface area (Å²) in [5.74, 6) is -0.600. The molecule has 4 aromatic heterocycles. The molecule has 202 valence electrons. The lowest BCUT2D eigenvalue weighted by Gasteiger charge is -2.22. The number of amides is 1. The lowest BCUT2D eigenvalue weighted by atomic mass is 10.0. The summed E-state index contributed by atoms with van der Waals surface area (Å²) in [5, 5.41) is 36.3. The number of nitriles is 1. The molecular formula is C26H27F2N9O2. The molecule has 1 aliphatic heterocycles. The van der Waals surface area contributed by atoms with Gasteiger partial charge in [-0.1, -0.05) is 0 Å². The third-order valence-electron chi connectivity index (χ3n) is 6.58. The highest BCUT2D eigenvalue weighted by molar-refractivity contribution is 6.00. The molecule has 4 N–H and O–H groups in total. The number of nitrogens with zero attached hydrogens (tertiary/aromatic N) is 6. The molecular weight excluding hydrogens is 508 g/mol. The summed E-state index contributed by atoms with van der Waals surface area (Å²) < 4.78 is 31.7. The average Bonchev–Trinajstić information content (AvgIpc) is 3.65. The first kappa shape index (κ1) is 26.2. The van der Waals surface area contributed by atoms with Crippen LogP contribution in [-0.2, 0) is 0 Å². The van der Waals surface area contributed by atoms with Crippen molar-refractivity contribution in [3.63, 3.8) is 0 Å². The minimum Gasteiger partial charge on any atom is -0.387 e. The fourth-order valence-electron chi connectivity index (χ4n) is 4.29.